The summed E-state index contributed by atoms with van der Waals surface area (Å²) < 4.78 is 28.1. The number of aliphatic hydroxyl groups is 1. The molecule has 5 unspecified atom stereocenters. The standard InChI is InChI=1S/C25H36O7/c1-14(2)20-17(11-15(3)9-8-10-25(4)23(32-25)21(20)26)31-24(27)16-12-18(28-5)22(30-7)19(13-16)29-6/h9,12-14,17,20-21,23,26H,8,10-11H2,1-7H3/b15-9-. The Morgan fingerprint density at radius 2 is 1.78 bits per heavy atom. The minimum absolute atomic E-state index is 0.0865. The molecule has 0 saturated carbocycles. The van der Waals surface area contributed by atoms with Crippen LogP contribution in [0.4, 0.5) is 0 Å². The molecule has 0 aromatic heterocycles. The van der Waals surface area contributed by atoms with Crippen LogP contribution in [0.25, 0.3) is 0 Å². The van der Waals surface area contributed by atoms with E-state index in [1.165, 1.54) is 21.3 Å². The maximum Gasteiger partial charge on any atom is 0.338 e. The van der Waals surface area contributed by atoms with Crippen LogP contribution in [-0.2, 0) is 9.47 Å². The van der Waals surface area contributed by atoms with Crippen LogP contribution in [0.1, 0.15) is 57.3 Å². The topological polar surface area (TPSA) is 86.8 Å². The average molecular weight is 449 g/mol. The lowest BCUT2D eigenvalue weighted by molar-refractivity contribution is -0.0419. The first-order valence-corrected chi connectivity index (χ1v) is 11.2. The second kappa shape index (κ2) is 9.71. The molecule has 1 aliphatic carbocycles. The van der Waals surface area contributed by atoms with E-state index < -0.39 is 18.2 Å². The first kappa shape index (κ1) is 24.4. The number of epoxide rings is 1. The molecule has 0 amide bonds. The van der Waals surface area contributed by atoms with E-state index in [-0.39, 0.29) is 23.5 Å². The zero-order valence-electron chi connectivity index (χ0n) is 20.1. The van der Waals surface area contributed by atoms with Crippen molar-refractivity contribution in [2.24, 2.45) is 11.8 Å². The molecular weight excluding hydrogens is 412 g/mol. The summed E-state index contributed by atoms with van der Waals surface area (Å²) in [5.41, 5.74) is 1.10. The predicted octanol–water partition coefficient (Wildman–Crippen LogP) is 4.16. The molecule has 7 heteroatoms. The highest BCUT2D eigenvalue weighted by molar-refractivity contribution is 5.91. The van der Waals surface area contributed by atoms with E-state index in [2.05, 4.69) is 6.08 Å². The SMILES string of the molecule is COc1cc(C(=O)OC2C/C(C)=C\CCC3(C)OC3C(O)C2C(C)C)cc(OC)c1OC. The van der Waals surface area contributed by atoms with E-state index in [0.717, 1.165) is 18.4 Å². The Labute approximate surface area is 190 Å². The predicted molar refractivity (Wildman–Crippen MR) is 121 cm³/mol. The van der Waals surface area contributed by atoms with Crippen molar-refractivity contribution in [2.75, 3.05) is 21.3 Å². The maximum absolute atomic E-state index is 13.2. The van der Waals surface area contributed by atoms with Gasteiger partial charge in [0.2, 0.25) is 5.75 Å². The molecule has 1 N–H and O–H groups in total. The molecule has 0 radical (unpaired) electrons. The van der Waals surface area contributed by atoms with Crippen molar-refractivity contribution in [1.29, 1.82) is 0 Å². The molecular formula is C25H36O7. The Bertz CT molecular complexity index is 837. The summed E-state index contributed by atoms with van der Waals surface area (Å²) in [4.78, 5) is 13.2. The van der Waals surface area contributed by atoms with Crippen molar-refractivity contribution >= 4 is 5.97 Å². The Morgan fingerprint density at radius 1 is 1.16 bits per heavy atom. The molecule has 0 bridgehead atoms. The summed E-state index contributed by atoms with van der Waals surface area (Å²) in [5, 5.41) is 11.2. The third-order valence-electron chi connectivity index (χ3n) is 6.66. The zero-order valence-corrected chi connectivity index (χ0v) is 20.1. The summed E-state index contributed by atoms with van der Waals surface area (Å²) in [6.45, 7) is 8.16. The van der Waals surface area contributed by atoms with Crippen molar-refractivity contribution < 1.29 is 33.6 Å². The van der Waals surface area contributed by atoms with Gasteiger partial charge in [0.25, 0.3) is 0 Å². The fourth-order valence-electron chi connectivity index (χ4n) is 4.80. The summed E-state index contributed by atoms with van der Waals surface area (Å²) in [7, 11) is 4.51. The molecule has 0 spiro atoms. The molecule has 2 aliphatic rings. The van der Waals surface area contributed by atoms with Crippen LogP contribution >= 0.6 is 0 Å². The molecule has 32 heavy (non-hydrogen) atoms. The van der Waals surface area contributed by atoms with Crippen LogP contribution < -0.4 is 14.2 Å². The van der Waals surface area contributed by atoms with Gasteiger partial charge in [-0.1, -0.05) is 25.5 Å². The van der Waals surface area contributed by atoms with Crippen molar-refractivity contribution in [1.82, 2.24) is 0 Å². The number of allylic oxidation sites excluding steroid dienone is 1. The second-order valence-corrected chi connectivity index (χ2v) is 9.31. The Balaban J connectivity index is 1.93. The average Bonchev–Trinajstić information content (AvgIpc) is 3.43. The van der Waals surface area contributed by atoms with Crippen molar-refractivity contribution in [3.05, 3.63) is 29.3 Å². The van der Waals surface area contributed by atoms with Gasteiger partial charge in [0.15, 0.2) is 11.5 Å². The van der Waals surface area contributed by atoms with Gasteiger partial charge < -0.3 is 28.8 Å². The lowest BCUT2D eigenvalue weighted by Crippen LogP contribution is -2.43. The Morgan fingerprint density at radius 3 is 2.31 bits per heavy atom. The number of rotatable bonds is 6. The van der Waals surface area contributed by atoms with Crippen molar-refractivity contribution in [3.63, 3.8) is 0 Å². The molecule has 1 aromatic rings. The van der Waals surface area contributed by atoms with Crippen LogP contribution in [0.3, 0.4) is 0 Å². The minimum atomic E-state index is -0.719. The number of carbonyl (C=O) groups excluding carboxylic acids is 1. The van der Waals surface area contributed by atoms with Gasteiger partial charge in [0.05, 0.1) is 38.6 Å². The van der Waals surface area contributed by atoms with Gasteiger partial charge in [-0.2, -0.15) is 0 Å². The molecule has 178 valence electrons. The summed E-state index contributed by atoms with van der Waals surface area (Å²) >= 11 is 0. The molecule has 1 saturated heterocycles. The van der Waals surface area contributed by atoms with Crippen molar-refractivity contribution in [3.8, 4) is 17.2 Å². The van der Waals surface area contributed by atoms with Gasteiger partial charge >= 0.3 is 5.97 Å². The third kappa shape index (κ3) is 4.89. The van der Waals surface area contributed by atoms with Gasteiger partial charge in [-0.05, 0) is 44.7 Å². The van der Waals surface area contributed by atoms with Crippen LogP contribution in [0.15, 0.2) is 23.8 Å². The molecule has 1 fully saturated rings. The van der Waals surface area contributed by atoms with Gasteiger partial charge in [-0.15, -0.1) is 0 Å². The number of benzene rings is 1. The van der Waals surface area contributed by atoms with E-state index in [4.69, 9.17) is 23.7 Å². The zero-order chi connectivity index (χ0) is 23.6. The molecule has 1 aliphatic heterocycles. The number of ether oxygens (including phenoxy) is 5. The van der Waals surface area contributed by atoms with Crippen LogP contribution in [-0.4, -0.2) is 56.3 Å². The molecule has 1 heterocycles. The quantitative estimate of drug-likeness (QED) is 0.397. The molecule has 3 rings (SSSR count). The Hall–Kier alpha value is -2.25. The number of hydrogen-bond acceptors (Lipinski definition) is 7. The lowest BCUT2D eigenvalue weighted by Gasteiger charge is -2.34. The maximum atomic E-state index is 13.2. The highest BCUT2D eigenvalue weighted by Crippen LogP contribution is 2.47. The van der Waals surface area contributed by atoms with E-state index in [0.29, 0.717) is 29.2 Å². The fraction of sp³-hybridized carbons (Fsp3) is 0.640. The van der Waals surface area contributed by atoms with Crippen LogP contribution in [0, 0.1) is 11.8 Å². The largest absolute Gasteiger partial charge is 0.493 e. The number of aliphatic hydroxyl groups excluding tert-OH is 1. The van der Waals surface area contributed by atoms with Crippen LogP contribution in [0.5, 0.6) is 17.2 Å². The number of fused-ring (bicyclic) bond motifs is 1. The highest BCUT2D eigenvalue weighted by Gasteiger charge is 2.58. The number of carbonyl (C=O) groups is 1. The molecule has 5 atom stereocenters. The highest BCUT2D eigenvalue weighted by atomic mass is 16.6. The van der Waals surface area contributed by atoms with Gasteiger partial charge in [0.1, 0.15) is 12.2 Å². The smallest absolute Gasteiger partial charge is 0.338 e. The third-order valence-corrected chi connectivity index (χ3v) is 6.66. The summed E-state index contributed by atoms with van der Waals surface area (Å²) in [6.07, 6.45) is 3.00. The van der Waals surface area contributed by atoms with E-state index in [1.54, 1.807) is 12.1 Å². The fourth-order valence-corrected chi connectivity index (χ4v) is 4.80. The second-order valence-electron chi connectivity index (χ2n) is 9.31. The van der Waals surface area contributed by atoms with E-state index in [9.17, 15) is 9.90 Å². The first-order valence-electron chi connectivity index (χ1n) is 11.2. The number of methoxy groups -OCH3 is 3. The monoisotopic (exact) mass is 448 g/mol. The molecule has 1 aromatic carbocycles. The normalized spacial score (nSPS) is 31.7. The van der Waals surface area contributed by atoms with Crippen molar-refractivity contribution in [2.45, 2.75) is 70.9 Å². The van der Waals surface area contributed by atoms with Gasteiger partial charge in [-0.3, -0.25) is 0 Å². The number of esters is 1. The number of hydrogen-bond donors (Lipinski definition) is 1. The van der Waals surface area contributed by atoms with Gasteiger partial charge in [0, 0.05) is 12.3 Å². The molecule has 7 nitrogen and oxygen atoms in total. The summed E-state index contributed by atoms with van der Waals surface area (Å²) in [6, 6.07) is 3.16. The van der Waals surface area contributed by atoms with E-state index >= 15 is 0 Å². The summed E-state index contributed by atoms with van der Waals surface area (Å²) in [5.74, 6) is 0.477. The lowest BCUT2D eigenvalue weighted by atomic mass is 9.78. The minimum Gasteiger partial charge on any atom is -0.493 e. The first-order chi connectivity index (χ1) is 15.1. The Kier molecular flexibility index (Phi) is 7.40. The van der Waals surface area contributed by atoms with E-state index in [1.807, 2.05) is 27.7 Å². The van der Waals surface area contributed by atoms with Gasteiger partial charge in [-0.25, -0.2) is 4.79 Å². The van der Waals surface area contributed by atoms with Crippen LogP contribution in [0.2, 0.25) is 0 Å².